The zero-order valence-electron chi connectivity index (χ0n) is 13.8. The molecule has 0 saturated heterocycles. The molecule has 1 aliphatic carbocycles. The van der Waals surface area contributed by atoms with Crippen LogP contribution in [0.15, 0.2) is 0 Å². The van der Waals surface area contributed by atoms with Gasteiger partial charge in [0.05, 0.1) is 5.41 Å². The van der Waals surface area contributed by atoms with E-state index in [9.17, 15) is 9.59 Å². The highest BCUT2D eigenvalue weighted by atomic mass is 16.4. The van der Waals surface area contributed by atoms with Crippen LogP contribution in [-0.4, -0.2) is 41.6 Å². The summed E-state index contributed by atoms with van der Waals surface area (Å²) in [6, 6.07) is -0.121. The van der Waals surface area contributed by atoms with Crippen molar-refractivity contribution in [2.24, 2.45) is 17.3 Å². The second-order valence-corrected chi connectivity index (χ2v) is 7.10. The molecule has 0 aromatic rings. The molecule has 0 radical (unpaired) electrons. The number of carboxylic acids is 1. The van der Waals surface area contributed by atoms with Gasteiger partial charge >= 0.3 is 12.0 Å². The first kappa shape index (κ1) is 17.8. The molecule has 0 spiro atoms. The summed E-state index contributed by atoms with van der Waals surface area (Å²) in [5.74, 6) is 0.306. The second-order valence-electron chi connectivity index (χ2n) is 7.10. The molecule has 1 saturated carbocycles. The first-order chi connectivity index (χ1) is 9.77. The lowest BCUT2D eigenvalue weighted by Gasteiger charge is -2.25. The number of hydrogen-bond donors (Lipinski definition) is 2. The van der Waals surface area contributed by atoms with Gasteiger partial charge in [-0.1, -0.05) is 27.7 Å². The number of rotatable bonds is 9. The smallest absolute Gasteiger partial charge is 0.317 e. The normalized spacial score (nSPS) is 16.1. The molecule has 0 bridgehead atoms. The van der Waals surface area contributed by atoms with Crippen LogP contribution >= 0.6 is 0 Å². The van der Waals surface area contributed by atoms with Crippen LogP contribution in [0.1, 0.15) is 53.4 Å². The molecule has 0 aromatic heterocycles. The fourth-order valence-electron chi connectivity index (χ4n) is 2.12. The van der Waals surface area contributed by atoms with Crippen molar-refractivity contribution in [3.05, 3.63) is 0 Å². The number of amides is 2. The molecule has 0 heterocycles. The van der Waals surface area contributed by atoms with Crippen LogP contribution in [0.3, 0.4) is 0 Å². The average molecular weight is 298 g/mol. The van der Waals surface area contributed by atoms with Crippen molar-refractivity contribution in [3.8, 4) is 0 Å². The molecular formula is C16H30N2O3. The van der Waals surface area contributed by atoms with Gasteiger partial charge in [0.15, 0.2) is 0 Å². The first-order valence-corrected chi connectivity index (χ1v) is 8.03. The van der Waals surface area contributed by atoms with Crippen molar-refractivity contribution in [1.29, 1.82) is 0 Å². The highest BCUT2D eigenvalue weighted by Crippen LogP contribution is 2.45. The topological polar surface area (TPSA) is 69.6 Å². The first-order valence-electron chi connectivity index (χ1n) is 8.03. The number of carbonyl (C=O) groups excluding carboxylic acids is 1. The molecule has 0 aromatic carbocycles. The molecule has 1 rings (SSSR count). The fourth-order valence-corrected chi connectivity index (χ4v) is 2.12. The third-order valence-corrected chi connectivity index (χ3v) is 4.13. The van der Waals surface area contributed by atoms with Gasteiger partial charge in [-0.2, -0.15) is 0 Å². The summed E-state index contributed by atoms with van der Waals surface area (Å²) in [7, 11) is 0. The lowest BCUT2D eigenvalue weighted by Crippen LogP contribution is -2.44. The predicted octanol–water partition coefficient (Wildman–Crippen LogP) is 2.96. The van der Waals surface area contributed by atoms with Crippen LogP contribution in [0.5, 0.6) is 0 Å². The van der Waals surface area contributed by atoms with Gasteiger partial charge < -0.3 is 15.3 Å². The van der Waals surface area contributed by atoms with E-state index < -0.39 is 11.4 Å². The van der Waals surface area contributed by atoms with Crippen LogP contribution in [0.4, 0.5) is 4.79 Å². The van der Waals surface area contributed by atoms with Crippen molar-refractivity contribution >= 4 is 12.0 Å². The van der Waals surface area contributed by atoms with E-state index >= 15 is 0 Å². The van der Waals surface area contributed by atoms with Gasteiger partial charge in [-0.3, -0.25) is 4.79 Å². The summed E-state index contributed by atoms with van der Waals surface area (Å²) >= 11 is 0. The van der Waals surface area contributed by atoms with Crippen molar-refractivity contribution in [1.82, 2.24) is 10.2 Å². The number of carboxylic acid groups (broad SMARTS) is 1. The third-order valence-electron chi connectivity index (χ3n) is 4.13. The summed E-state index contributed by atoms with van der Waals surface area (Å²) in [5, 5.41) is 12.0. The van der Waals surface area contributed by atoms with Gasteiger partial charge in [0.25, 0.3) is 0 Å². The van der Waals surface area contributed by atoms with Gasteiger partial charge in [-0.15, -0.1) is 0 Å². The molecule has 21 heavy (non-hydrogen) atoms. The minimum absolute atomic E-state index is 0.121. The molecule has 1 aliphatic rings. The number of nitrogens with zero attached hydrogens (tertiary/aromatic N) is 1. The Bertz CT molecular complexity index is 351. The maximum absolute atomic E-state index is 12.3. The fraction of sp³-hybridized carbons (Fsp3) is 0.875. The monoisotopic (exact) mass is 298 g/mol. The lowest BCUT2D eigenvalue weighted by atomic mass is 10.1. The van der Waals surface area contributed by atoms with E-state index in [0.717, 1.165) is 25.9 Å². The molecule has 1 fully saturated rings. The Labute approximate surface area is 128 Å². The Kier molecular flexibility index (Phi) is 6.49. The van der Waals surface area contributed by atoms with Gasteiger partial charge in [0.2, 0.25) is 0 Å². The van der Waals surface area contributed by atoms with Gasteiger partial charge in [0, 0.05) is 19.6 Å². The van der Waals surface area contributed by atoms with Crippen LogP contribution in [0.2, 0.25) is 0 Å². The van der Waals surface area contributed by atoms with E-state index in [1.54, 1.807) is 0 Å². The van der Waals surface area contributed by atoms with Crippen molar-refractivity contribution in [2.75, 3.05) is 19.6 Å². The number of hydrogen-bond acceptors (Lipinski definition) is 2. The van der Waals surface area contributed by atoms with E-state index in [0.29, 0.717) is 24.7 Å². The van der Waals surface area contributed by atoms with Crippen LogP contribution in [-0.2, 0) is 4.79 Å². The van der Waals surface area contributed by atoms with Crippen LogP contribution < -0.4 is 5.32 Å². The molecule has 2 N–H and O–H groups in total. The number of aliphatic carboxylic acids is 1. The maximum Gasteiger partial charge on any atom is 0.317 e. The van der Waals surface area contributed by atoms with Crippen molar-refractivity contribution in [3.63, 3.8) is 0 Å². The van der Waals surface area contributed by atoms with Gasteiger partial charge in [-0.05, 0) is 37.5 Å². The highest BCUT2D eigenvalue weighted by molar-refractivity contribution is 5.80. The quantitative estimate of drug-likeness (QED) is 0.687. The third kappa shape index (κ3) is 5.94. The Hall–Kier alpha value is -1.26. The highest BCUT2D eigenvalue weighted by Gasteiger charge is 2.50. The molecule has 0 atom stereocenters. The van der Waals surface area contributed by atoms with E-state index in [-0.39, 0.29) is 12.6 Å². The van der Waals surface area contributed by atoms with Crippen LogP contribution in [0, 0.1) is 17.3 Å². The largest absolute Gasteiger partial charge is 0.481 e. The minimum Gasteiger partial charge on any atom is -0.481 e. The van der Waals surface area contributed by atoms with Crippen molar-refractivity contribution < 1.29 is 14.7 Å². The summed E-state index contributed by atoms with van der Waals surface area (Å²) in [5.41, 5.74) is -0.697. The number of nitrogens with one attached hydrogen (secondary N) is 1. The molecule has 122 valence electrons. The maximum atomic E-state index is 12.3. The Balaban J connectivity index is 2.47. The average Bonchev–Trinajstić information content (AvgIpc) is 3.16. The molecule has 5 heteroatoms. The summed E-state index contributed by atoms with van der Waals surface area (Å²) in [6.07, 6.45) is 3.27. The van der Waals surface area contributed by atoms with E-state index in [1.165, 1.54) is 0 Å². The molecule has 5 nitrogen and oxygen atoms in total. The Morgan fingerprint density at radius 1 is 1.10 bits per heavy atom. The Morgan fingerprint density at radius 3 is 1.90 bits per heavy atom. The summed E-state index contributed by atoms with van der Waals surface area (Å²) in [6.45, 7) is 10.3. The van der Waals surface area contributed by atoms with Gasteiger partial charge in [-0.25, -0.2) is 4.79 Å². The predicted molar refractivity (Wildman–Crippen MR) is 83.2 cm³/mol. The minimum atomic E-state index is -0.793. The van der Waals surface area contributed by atoms with Crippen LogP contribution in [0.25, 0.3) is 0 Å². The van der Waals surface area contributed by atoms with Gasteiger partial charge in [0.1, 0.15) is 0 Å². The number of carbonyl (C=O) groups is 2. The molecule has 2 amide bonds. The summed E-state index contributed by atoms with van der Waals surface area (Å²) < 4.78 is 0. The number of urea groups is 1. The lowest BCUT2D eigenvalue weighted by molar-refractivity contribution is -0.143. The zero-order chi connectivity index (χ0) is 16.0. The van der Waals surface area contributed by atoms with E-state index in [2.05, 4.69) is 33.0 Å². The van der Waals surface area contributed by atoms with E-state index in [1.807, 2.05) is 4.90 Å². The van der Waals surface area contributed by atoms with Crippen molar-refractivity contribution in [2.45, 2.75) is 53.4 Å². The molecular weight excluding hydrogens is 268 g/mol. The zero-order valence-corrected chi connectivity index (χ0v) is 13.8. The second kappa shape index (κ2) is 7.66. The Morgan fingerprint density at radius 2 is 1.57 bits per heavy atom. The van der Waals surface area contributed by atoms with E-state index in [4.69, 9.17) is 5.11 Å². The summed E-state index contributed by atoms with van der Waals surface area (Å²) in [4.78, 5) is 25.2. The standard InChI is InChI=1S/C16H30N2O3/c1-12(2)5-9-18(10-6-13(3)4)15(21)17-11-16(7-8-16)14(19)20/h12-13H,5-11H2,1-4H3,(H,17,21)(H,19,20). The molecule has 0 aliphatic heterocycles. The molecule has 0 unspecified atom stereocenters. The SMILES string of the molecule is CC(C)CCN(CCC(C)C)C(=O)NCC1(C(=O)O)CC1.